The van der Waals surface area contributed by atoms with Crippen molar-refractivity contribution in [2.75, 3.05) is 33.3 Å². The topological polar surface area (TPSA) is 87.9 Å². The minimum absolute atomic E-state index is 0.137. The Labute approximate surface area is 135 Å². The number of phenols is 1. The van der Waals surface area contributed by atoms with Crippen LogP contribution in [0.5, 0.6) is 11.5 Å². The zero-order chi connectivity index (χ0) is 16.4. The summed E-state index contributed by atoms with van der Waals surface area (Å²) in [5.74, 6) is 0.477. The van der Waals surface area contributed by atoms with Crippen LogP contribution >= 0.6 is 0 Å². The first-order chi connectivity index (χ1) is 11.1. The van der Waals surface area contributed by atoms with Crippen molar-refractivity contribution in [1.29, 1.82) is 0 Å². The molecular formula is C16H23N3O4. The molecule has 3 rings (SSSR count). The minimum Gasteiger partial charge on any atom is -0.500 e. The molecule has 0 bridgehead atoms. The molecule has 7 nitrogen and oxygen atoms in total. The van der Waals surface area contributed by atoms with Crippen LogP contribution in [0.15, 0.2) is 12.1 Å². The highest BCUT2D eigenvalue weighted by Crippen LogP contribution is 2.44. The normalized spacial score (nSPS) is 20.2. The van der Waals surface area contributed by atoms with Crippen LogP contribution in [0, 0.1) is 16.0 Å². The lowest BCUT2D eigenvalue weighted by atomic mass is 9.97. The molecule has 1 aromatic rings. The van der Waals surface area contributed by atoms with Crippen molar-refractivity contribution in [3.63, 3.8) is 0 Å². The average molecular weight is 321 g/mol. The van der Waals surface area contributed by atoms with Crippen LogP contribution in [0.2, 0.25) is 0 Å². The van der Waals surface area contributed by atoms with Gasteiger partial charge in [-0.2, -0.15) is 0 Å². The van der Waals surface area contributed by atoms with Crippen molar-refractivity contribution in [2.45, 2.75) is 25.3 Å². The van der Waals surface area contributed by atoms with Crippen LogP contribution < -0.4 is 10.1 Å². The standard InChI is InChI=1S/C16H23N3O4/c1-23-15-10-12(9-14(16(15)20)19(21)22)13(8-11-2-3-11)18-6-4-17-5-7-18/h9-11,13,17,20H,2-8H2,1H3/t13-/m0/s1. The third-order valence-corrected chi connectivity index (χ3v) is 4.72. The van der Waals surface area contributed by atoms with Crippen molar-refractivity contribution in [3.8, 4) is 11.5 Å². The lowest BCUT2D eigenvalue weighted by Crippen LogP contribution is -2.45. The van der Waals surface area contributed by atoms with E-state index in [4.69, 9.17) is 4.74 Å². The first-order valence-electron chi connectivity index (χ1n) is 8.10. The summed E-state index contributed by atoms with van der Waals surface area (Å²) in [5, 5.41) is 24.6. The zero-order valence-electron chi connectivity index (χ0n) is 13.3. The van der Waals surface area contributed by atoms with Crippen molar-refractivity contribution in [3.05, 3.63) is 27.8 Å². The Kier molecular flexibility index (Phi) is 4.68. The SMILES string of the molecule is COc1cc([C@H](CC2CC2)N2CCNCC2)cc([N+](=O)[O-])c1O. The quantitative estimate of drug-likeness (QED) is 0.616. The number of hydrogen-bond acceptors (Lipinski definition) is 6. The molecule has 2 N–H and O–H groups in total. The highest BCUT2D eigenvalue weighted by Gasteiger charge is 2.32. The molecule has 1 saturated carbocycles. The number of hydrogen-bond donors (Lipinski definition) is 2. The van der Waals surface area contributed by atoms with Gasteiger partial charge in [-0.3, -0.25) is 15.0 Å². The maximum absolute atomic E-state index is 11.2. The second kappa shape index (κ2) is 6.72. The minimum atomic E-state index is -0.548. The van der Waals surface area contributed by atoms with Gasteiger partial charge in [0, 0.05) is 38.3 Å². The summed E-state index contributed by atoms with van der Waals surface area (Å²) in [7, 11) is 1.42. The molecule has 1 atom stereocenters. The second-order valence-electron chi connectivity index (χ2n) is 6.33. The van der Waals surface area contributed by atoms with Gasteiger partial charge in [0.05, 0.1) is 12.0 Å². The third kappa shape index (κ3) is 3.56. The van der Waals surface area contributed by atoms with E-state index >= 15 is 0 Å². The number of ether oxygens (including phenoxy) is 1. The van der Waals surface area contributed by atoms with Gasteiger partial charge >= 0.3 is 5.69 Å². The number of aromatic hydroxyl groups is 1. The van der Waals surface area contributed by atoms with Gasteiger partial charge < -0.3 is 15.2 Å². The molecule has 126 valence electrons. The highest BCUT2D eigenvalue weighted by atomic mass is 16.6. The molecule has 2 fully saturated rings. The Bertz CT molecular complexity index is 583. The third-order valence-electron chi connectivity index (χ3n) is 4.72. The molecule has 0 spiro atoms. The molecule has 2 aliphatic rings. The predicted octanol–water partition coefficient (Wildman–Crippen LogP) is 2.06. The summed E-state index contributed by atoms with van der Waals surface area (Å²) >= 11 is 0. The van der Waals surface area contributed by atoms with E-state index in [0.29, 0.717) is 5.92 Å². The highest BCUT2D eigenvalue weighted by molar-refractivity contribution is 5.57. The van der Waals surface area contributed by atoms with E-state index in [1.165, 1.54) is 26.0 Å². The lowest BCUT2D eigenvalue weighted by Gasteiger charge is -2.35. The van der Waals surface area contributed by atoms with E-state index in [1.807, 2.05) is 0 Å². The Morgan fingerprint density at radius 2 is 2.13 bits per heavy atom. The van der Waals surface area contributed by atoms with Gasteiger partial charge in [0.25, 0.3) is 0 Å². The van der Waals surface area contributed by atoms with Gasteiger partial charge in [-0.1, -0.05) is 12.8 Å². The van der Waals surface area contributed by atoms with E-state index in [-0.39, 0.29) is 17.5 Å². The molecule has 0 unspecified atom stereocenters. The Hall–Kier alpha value is -1.86. The van der Waals surface area contributed by atoms with Gasteiger partial charge in [0.1, 0.15) is 0 Å². The summed E-state index contributed by atoms with van der Waals surface area (Å²) in [4.78, 5) is 13.1. The molecule has 0 radical (unpaired) electrons. The lowest BCUT2D eigenvalue weighted by molar-refractivity contribution is -0.386. The Morgan fingerprint density at radius 3 is 2.70 bits per heavy atom. The molecule has 1 saturated heterocycles. The summed E-state index contributed by atoms with van der Waals surface area (Å²) in [5.41, 5.74) is 0.579. The number of methoxy groups -OCH3 is 1. The van der Waals surface area contributed by atoms with Crippen molar-refractivity contribution >= 4 is 5.69 Å². The van der Waals surface area contributed by atoms with Gasteiger partial charge in [-0.15, -0.1) is 0 Å². The number of rotatable bonds is 6. The zero-order valence-corrected chi connectivity index (χ0v) is 13.3. The van der Waals surface area contributed by atoms with E-state index in [0.717, 1.165) is 38.2 Å². The fourth-order valence-corrected chi connectivity index (χ4v) is 3.26. The van der Waals surface area contributed by atoms with Gasteiger partial charge in [-0.25, -0.2) is 0 Å². The molecule has 1 aliphatic carbocycles. The van der Waals surface area contributed by atoms with E-state index in [9.17, 15) is 15.2 Å². The largest absolute Gasteiger partial charge is 0.500 e. The van der Waals surface area contributed by atoms with E-state index in [1.54, 1.807) is 6.07 Å². The first-order valence-corrected chi connectivity index (χ1v) is 8.10. The van der Waals surface area contributed by atoms with Crippen molar-refractivity contribution in [2.24, 2.45) is 5.92 Å². The molecule has 23 heavy (non-hydrogen) atoms. The van der Waals surface area contributed by atoms with E-state index in [2.05, 4.69) is 10.2 Å². The monoisotopic (exact) mass is 321 g/mol. The van der Waals surface area contributed by atoms with Gasteiger partial charge in [0.2, 0.25) is 5.75 Å². The van der Waals surface area contributed by atoms with E-state index < -0.39 is 10.7 Å². The van der Waals surface area contributed by atoms with Crippen LogP contribution in [-0.2, 0) is 0 Å². The fraction of sp³-hybridized carbons (Fsp3) is 0.625. The van der Waals surface area contributed by atoms with Crippen molar-refractivity contribution < 1.29 is 14.8 Å². The van der Waals surface area contributed by atoms with Crippen LogP contribution in [0.1, 0.15) is 30.9 Å². The number of nitro benzene ring substituents is 1. The van der Waals surface area contributed by atoms with Gasteiger partial charge in [-0.05, 0) is 24.0 Å². The smallest absolute Gasteiger partial charge is 0.314 e. The molecule has 1 aromatic carbocycles. The second-order valence-corrected chi connectivity index (χ2v) is 6.33. The molecule has 1 aliphatic heterocycles. The van der Waals surface area contributed by atoms with Crippen LogP contribution in [0.25, 0.3) is 0 Å². The number of piperazine rings is 1. The molecule has 0 aromatic heterocycles. The maximum atomic E-state index is 11.2. The maximum Gasteiger partial charge on any atom is 0.314 e. The molecular weight excluding hydrogens is 298 g/mol. The summed E-state index contributed by atoms with van der Waals surface area (Å²) in [6.45, 7) is 3.71. The van der Waals surface area contributed by atoms with Crippen LogP contribution in [-0.4, -0.2) is 48.2 Å². The Balaban J connectivity index is 1.96. The van der Waals surface area contributed by atoms with Crippen LogP contribution in [0.3, 0.4) is 0 Å². The average Bonchev–Trinajstić information content (AvgIpc) is 3.38. The number of phenolic OH excluding ortho intramolecular Hbond substituents is 1. The van der Waals surface area contributed by atoms with Gasteiger partial charge in [0.15, 0.2) is 5.75 Å². The van der Waals surface area contributed by atoms with Crippen LogP contribution in [0.4, 0.5) is 5.69 Å². The molecule has 7 heteroatoms. The predicted molar refractivity (Wildman–Crippen MR) is 85.8 cm³/mol. The molecule has 1 heterocycles. The number of nitro groups is 1. The number of benzene rings is 1. The molecule has 0 amide bonds. The number of nitrogens with one attached hydrogen (secondary N) is 1. The summed E-state index contributed by atoms with van der Waals surface area (Å²) in [6.07, 6.45) is 3.48. The summed E-state index contributed by atoms with van der Waals surface area (Å²) in [6, 6.07) is 3.39. The summed E-state index contributed by atoms with van der Waals surface area (Å²) < 4.78 is 5.15. The Morgan fingerprint density at radius 1 is 1.43 bits per heavy atom. The fourth-order valence-electron chi connectivity index (χ4n) is 3.26. The first kappa shape index (κ1) is 16.0. The number of nitrogens with zero attached hydrogens (tertiary/aromatic N) is 2. The van der Waals surface area contributed by atoms with Crippen molar-refractivity contribution in [1.82, 2.24) is 10.2 Å².